The molecule has 0 aliphatic heterocycles. The van der Waals surface area contributed by atoms with Crippen LogP contribution in [0.3, 0.4) is 0 Å². The Morgan fingerprint density at radius 1 is 0.969 bits per heavy atom. The highest BCUT2D eigenvalue weighted by molar-refractivity contribution is 7.89. The Hall–Kier alpha value is -2.92. The topological polar surface area (TPSA) is 95.6 Å². The van der Waals surface area contributed by atoms with Gasteiger partial charge in [0, 0.05) is 29.9 Å². The summed E-state index contributed by atoms with van der Waals surface area (Å²) in [6, 6.07) is 9.56. The number of amides is 2. The number of benzene rings is 2. The van der Waals surface area contributed by atoms with E-state index in [0.29, 0.717) is 11.3 Å². The summed E-state index contributed by atoms with van der Waals surface area (Å²) in [5, 5.41) is 4.36. The predicted octanol–water partition coefficient (Wildman–Crippen LogP) is 3.57. The second-order valence-electron chi connectivity index (χ2n) is 6.90. The zero-order valence-electron chi connectivity index (χ0n) is 17.8. The third kappa shape index (κ3) is 6.30. The summed E-state index contributed by atoms with van der Waals surface area (Å²) in [6.07, 6.45) is -4.52. The zero-order valence-corrected chi connectivity index (χ0v) is 18.6. The van der Waals surface area contributed by atoms with Crippen molar-refractivity contribution in [3.8, 4) is 0 Å². The van der Waals surface area contributed by atoms with Crippen molar-refractivity contribution in [1.82, 2.24) is 9.62 Å². The van der Waals surface area contributed by atoms with Gasteiger partial charge >= 0.3 is 6.18 Å². The van der Waals surface area contributed by atoms with E-state index in [1.54, 1.807) is 32.2 Å². The van der Waals surface area contributed by atoms with E-state index in [1.807, 2.05) is 0 Å². The maximum absolute atomic E-state index is 12.7. The Morgan fingerprint density at radius 2 is 1.56 bits per heavy atom. The van der Waals surface area contributed by atoms with Gasteiger partial charge in [-0.05, 0) is 48.9 Å². The minimum Gasteiger partial charge on any atom is -0.343 e. The molecular formula is C21H24F3N3O4S. The van der Waals surface area contributed by atoms with Gasteiger partial charge in [-0.2, -0.15) is 17.5 Å². The molecule has 0 unspecified atom stereocenters. The van der Waals surface area contributed by atoms with Gasteiger partial charge in [0.05, 0.1) is 4.90 Å². The Balaban J connectivity index is 2.18. The standard InChI is InChI=1S/C21H24F3N3O4S/c1-4-27(5-2)32(30,31)17-11-6-14(3)18(12-17)20(29)26-16-9-7-15(8-10-16)19(28)25-13-21(22,23)24/h6-12H,4-5,13H2,1-3H3,(H,25,28)(H,26,29). The van der Waals surface area contributed by atoms with E-state index < -0.39 is 34.6 Å². The molecule has 174 valence electrons. The molecule has 0 aromatic heterocycles. The van der Waals surface area contributed by atoms with Crippen molar-refractivity contribution in [3.63, 3.8) is 0 Å². The molecule has 11 heteroatoms. The minimum absolute atomic E-state index is 0.00394. The molecule has 0 spiro atoms. The first kappa shape index (κ1) is 25.3. The van der Waals surface area contributed by atoms with Gasteiger partial charge in [-0.1, -0.05) is 19.9 Å². The average Bonchev–Trinajstić information content (AvgIpc) is 2.72. The molecule has 0 aliphatic carbocycles. The Bertz CT molecular complexity index is 1080. The highest BCUT2D eigenvalue weighted by Gasteiger charge is 2.28. The van der Waals surface area contributed by atoms with Crippen molar-refractivity contribution in [1.29, 1.82) is 0 Å². The highest BCUT2D eigenvalue weighted by Crippen LogP contribution is 2.21. The lowest BCUT2D eigenvalue weighted by Crippen LogP contribution is -2.33. The van der Waals surface area contributed by atoms with Crippen molar-refractivity contribution in [2.75, 3.05) is 25.0 Å². The number of anilines is 1. The van der Waals surface area contributed by atoms with Crippen LogP contribution in [0.1, 0.15) is 40.1 Å². The zero-order chi connectivity index (χ0) is 24.1. The van der Waals surface area contributed by atoms with Crippen LogP contribution in [0, 0.1) is 6.92 Å². The Labute approximate surface area is 184 Å². The number of aryl methyl sites for hydroxylation is 1. The molecule has 32 heavy (non-hydrogen) atoms. The van der Waals surface area contributed by atoms with Gasteiger partial charge in [0.25, 0.3) is 11.8 Å². The lowest BCUT2D eigenvalue weighted by atomic mass is 10.1. The normalized spacial score (nSPS) is 12.0. The number of alkyl halides is 3. The van der Waals surface area contributed by atoms with E-state index in [4.69, 9.17) is 0 Å². The molecule has 0 atom stereocenters. The van der Waals surface area contributed by atoms with E-state index in [2.05, 4.69) is 5.32 Å². The lowest BCUT2D eigenvalue weighted by molar-refractivity contribution is -0.123. The predicted molar refractivity (Wildman–Crippen MR) is 114 cm³/mol. The first-order chi connectivity index (χ1) is 14.9. The van der Waals surface area contributed by atoms with E-state index in [-0.39, 0.29) is 29.1 Å². The van der Waals surface area contributed by atoms with Gasteiger partial charge in [0.15, 0.2) is 0 Å². The summed E-state index contributed by atoms with van der Waals surface area (Å²) < 4.78 is 63.4. The molecule has 0 fully saturated rings. The van der Waals surface area contributed by atoms with Gasteiger partial charge < -0.3 is 10.6 Å². The second-order valence-corrected chi connectivity index (χ2v) is 8.83. The number of hydrogen-bond acceptors (Lipinski definition) is 4. The van der Waals surface area contributed by atoms with Gasteiger partial charge in [-0.3, -0.25) is 9.59 Å². The van der Waals surface area contributed by atoms with Gasteiger partial charge in [0.1, 0.15) is 6.54 Å². The van der Waals surface area contributed by atoms with Gasteiger partial charge in [-0.15, -0.1) is 0 Å². The van der Waals surface area contributed by atoms with Crippen LogP contribution >= 0.6 is 0 Å². The summed E-state index contributed by atoms with van der Waals surface area (Å²) in [5.74, 6) is -1.46. The van der Waals surface area contributed by atoms with Crippen LogP contribution < -0.4 is 10.6 Å². The van der Waals surface area contributed by atoms with E-state index in [9.17, 15) is 31.2 Å². The van der Waals surface area contributed by atoms with Crippen LogP contribution in [0.25, 0.3) is 0 Å². The van der Waals surface area contributed by atoms with Crippen LogP contribution in [0.5, 0.6) is 0 Å². The van der Waals surface area contributed by atoms with Crippen LogP contribution in [0.15, 0.2) is 47.4 Å². The van der Waals surface area contributed by atoms with E-state index in [0.717, 1.165) is 0 Å². The fraction of sp³-hybridized carbons (Fsp3) is 0.333. The fourth-order valence-corrected chi connectivity index (χ4v) is 4.39. The monoisotopic (exact) mass is 471 g/mol. The highest BCUT2D eigenvalue weighted by atomic mass is 32.2. The molecule has 2 N–H and O–H groups in total. The average molecular weight is 472 g/mol. The molecule has 2 aromatic rings. The SMILES string of the molecule is CCN(CC)S(=O)(=O)c1ccc(C)c(C(=O)Nc2ccc(C(=O)NCC(F)(F)F)cc2)c1. The molecule has 2 aromatic carbocycles. The molecule has 0 aliphatic rings. The van der Waals surface area contributed by atoms with Crippen molar-refractivity contribution >= 4 is 27.5 Å². The van der Waals surface area contributed by atoms with Crippen molar-refractivity contribution in [2.45, 2.75) is 31.8 Å². The summed E-state index contributed by atoms with van der Waals surface area (Å²) >= 11 is 0. The summed E-state index contributed by atoms with van der Waals surface area (Å²) in [4.78, 5) is 24.5. The number of sulfonamides is 1. The molecular weight excluding hydrogens is 447 g/mol. The maximum Gasteiger partial charge on any atom is 0.405 e. The number of nitrogens with one attached hydrogen (secondary N) is 2. The maximum atomic E-state index is 12.7. The summed E-state index contributed by atoms with van der Waals surface area (Å²) in [7, 11) is -3.75. The first-order valence-electron chi connectivity index (χ1n) is 9.76. The van der Waals surface area contributed by atoms with E-state index in [1.165, 1.54) is 40.7 Å². The number of carbonyl (C=O) groups is 2. The van der Waals surface area contributed by atoms with Gasteiger partial charge in [-0.25, -0.2) is 8.42 Å². The third-order valence-corrected chi connectivity index (χ3v) is 6.70. The molecule has 0 radical (unpaired) electrons. The van der Waals surface area contributed by atoms with Crippen molar-refractivity contribution in [3.05, 3.63) is 59.2 Å². The molecule has 2 rings (SSSR count). The Kier molecular flexibility index (Phi) is 8.02. The molecule has 7 nitrogen and oxygen atoms in total. The number of nitrogens with zero attached hydrogens (tertiary/aromatic N) is 1. The van der Waals surface area contributed by atoms with Crippen LogP contribution in [0.4, 0.5) is 18.9 Å². The number of hydrogen-bond donors (Lipinski definition) is 2. The quantitative estimate of drug-likeness (QED) is 0.615. The Morgan fingerprint density at radius 3 is 2.09 bits per heavy atom. The van der Waals surface area contributed by atoms with Crippen LogP contribution in [-0.2, 0) is 10.0 Å². The lowest BCUT2D eigenvalue weighted by Gasteiger charge is -2.19. The fourth-order valence-electron chi connectivity index (χ4n) is 2.90. The second kappa shape index (κ2) is 10.1. The molecule has 0 bridgehead atoms. The number of carbonyl (C=O) groups excluding carboxylic acids is 2. The van der Waals surface area contributed by atoms with Crippen LogP contribution in [-0.4, -0.2) is 50.3 Å². The summed E-state index contributed by atoms with van der Waals surface area (Å²) in [6.45, 7) is 4.23. The van der Waals surface area contributed by atoms with Crippen molar-refractivity contribution in [2.24, 2.45) is 0 Å². The van der Waals surface area contributed by atoms with Crippen LogP contribution in [0.2, 0.25) is 0 Å². The smallest absolute Gasteiger partial charge is 0.343 e. The number of rotatable bonds is 8. The molecule has 2 amide bonds. The molecule has 0 saturated heterocycles. The van der Waals surface area contributed by atoms with Crippen molar-refractivity contribution < 1.29 is 31.2 Å². The van der Waals surface area contributed by atoms with E-state index >= 15 is 0 Å². The third-order valence-electron chi connectivity index (χ3n) is 4.65. The van der Waals surface area contributed by atoms with Gasteiger partial charge in [0.2, 0.25) is 10.0 Å². The molecule has 0 saturated carbocycles. The minimum atomic E-state index is -4.52. The molecule has 0 heterocycles. The first-order valence-corrected chi connectivity index (χ1v) is 11.2. The summed E-state index contributed by atoms with van der Waals surface area (Å²) in [5.41, 5.74) is 1.00. The number of halogens is 3. The largest absolute Gasteiger partial charge is 0.405 e.